The number of nitrogens with zero attached hydrogens (tertiary/aromatic N) is 3. The molecule has 0 fully saturated rings. The van der Waals surface area contributed by atoms with E-state index in [0.29, 0.717) is 17.5 Å². The third-order valence-corrected chi connectivity index (χ3v) is 3.92. The molecule has 0 aliphatic carbocycles. The smallest absolute Gasteiger partial charge is 0.313 e. The number of hydrogen-bond donors (Lipinski definition) is 1. The summed E-state index contributed by atoms with van der Waals surface area (Å²) in [5.41, 5.74) is 0.255. The van der Waals surface area contributed by atoms with Crippen LogP contribution in [0.15, 0.2) is 23.4 Å². The lowest BCUT2D eigenvalue weighted by atomic mass is 10.2. The fourth-order valence-electron chi connectivity index (χ4n) is 1.82. The zero-order valence-electron chi connectivity index (χ0n) is 11.2. The Balaban J connectivity index is 2.43. The Bertz CT molecular complexity index is 663. The van der Waals surface area contributed by atoms with Gasteiger partial charge in [-0.2, -0.15) is 0 Å². The fraction of sp³-hybridized carbons (Fsp3) is 0.308. The zero-order valence-corrected chi connectivity index (χ0v) is 12.8. The maximum atomic E-state index is 14.1. The minimum Gasteiger partial charge on any atom is -0.481 e. The topological polar surface area (TPSA) is 68.0 Å². The van der Waals surface area contributed by atoms with Crippen LogP contribution in [0.25, 0.3) is 11.4 Å². The molecule has 0 aliphatic rings. The third-order valence-electron chi connectivity index (χ3n) is 2.68. The molecule has 0 saturated heterocycles. The molecule has 2 rings (SSSR count). The van der Waals surface area contributed by atoms with E-state index in [-0.39, 0.29) is 16.3 Å². The minimum atomic E-state index is -0.943. The van der Waals surface area contributed by atoms with Gasteiger partial charge in [0, 0.05) is 6.54 Å². The highest BCUT2D eigenvalue weighted by Gasteiger charge is 2.18. The maximum absolute atomic E-state index is 14.1. The predicted molar refractivity (Wildman–Crippen MR) is 79.1 cm³/mol. The van der Waals surface area contributed by atoms with Gasteiger partial charge in [0.05, 0.1) is 16.3 Å². The number of hydrogen-bond acceptors (Lipinski definition) is 4. The molecule has 0 spiro atoms. The van der Waals surface area contributed by atoms with Crippen molar-refractivity contribution in [3.8, 4) is 11.4 Å². The van der Waals surface area contributed by atoms with Crippen molar-refractivity contribution in [2.45, 2.75) is 25.0 Å². The summed E-state index contributed by atoms with van der Waals surface area (Å²) in [4.78, 5) is 10.7. The van der Waals surface area contributed by atoms with Crippen LogP contribution in [0.3, 0.4) is 0 Å². The third kappa shape index (κ3) is 3.54. The van der Waals surface area contributed by atoms with Crippen molar-refractivity contribution in [3.05, 3.63) is 29.0 Å². The number of carboxylic acid groups (broad SMARTS) is 1. The van der Waals surface area contributed by atoms with Crippen LogP contribution in [0.5, 0.6) is 0 Å². The van der Waals surface area contributed by atoms with E-state index in [1.54, 1.807) is 16.7 Å². The first-order valence-corrected chi connectivity index (χ1v) is 7.63. The van der Waals surface area contributed by atoms with Crippen molar-refractivity contribution in [1.29, 1.82) is 0 Å². The Morgan fingerprint density at radius 2 is 2.24 bits per heavy atom. The lowest BCUT2D eigenvalue weighted by Gasteiger charge is -2.09. The Morgan fingerprint density at radius 1 is 1.48 bits per heavy atom. The monoisotopic (exact) mass is 329 g/mol. The van der Waals surface area contributed by atoms with Gasteiger partial charge in [-0.1, -0.05) is 36.4 Å². The van der Waals surface area contributed by atoms with Gasteiger partial charge in [-0.25, -0.2) is 4.39 Å². The van der Waals surface area contributed by atoms with E-state index in [4.69, 9.17) is 16.7 Å². The summed E-state index contributed by atoms with van der Waals surface area (Å²) in [6, 6.07) is 4.67. The fourth-order valence-corrected chi connectivity index (χ4v) is 2.68. The van der Waals surface area contributed by atoms with Crippen molar-refractivity contribution in [2.75, 3.05) is 5.75 Å². The lowest BCUT2D eigenvalue weighted by Crippen LogP contribution is -2.05. The van der Waals surface area contributed by atoms with Crippen LogP contribution in [0, 0.1) is 5.82 Å². The van der Waals surface area contributed by atoms with Crippen LogP contribution in [0.1, 0.15) is 13.3 Å². The standard InChI is InChI=1S/C13H13ClFN3O2S/c1-2-6-18-12(8-4-3-5-9(14)11(8)15)16-17-13(18)21-7-10(19)20/h3-5H,2,6-7H2,1H3,(H,19,20). The second-order valence-electron chi connectivity index (χ2n) is 4.24. The second-order valence-corrected chi connectivity index (χ2v) is 5.59. The summed E-state index contributed by atoms with van der Waals surface area (Å²) in [6.45, 7) is 2.53. The summed E-state index contributed by atoms with van der Waals surface area (Å²) >= 11 is 6.84. The van der Waals surface area contributed by atoms with E-state index in [2.05, 4.69) is 10.2 Å². The van der Waals surface area contributed by atoms with Crippen molar-refractivity contribution in [2.24, 2.45) is 0 Å². The van der Waals surface area contributed by atoms with Gasteiger partial charge in [-0.15, -0.1) is 10.2 Å². The van der Waals surface area contributed by atoms with E-state index in [1.165, 1.54) is 6.07 Å². The molecule has 0 atom stereocenters. The molecule has 0 unspecified atom stereocenters. The highest BCUT2D eigenvalue weighted by molar-refractivity contribution is 7.99. The van der Waals surface area contributed by atoms with Gasteiger partial charge in [0.25, 0.3) is 0 Å². The van der Waals surface area contributed by atoms with Gasteiger partial charge < -0.3 is 9.67 Å². The number of benzene rings is 1. The summed E-state index contributed by atoms with van der Waals surface area (Å²) in [6.07, 6.45) is 0.786. The second kappa shape index (κ2) is 6.91. The Kier molecular flexibility index (Phi) is 5.19. The molecule has 0 saturated carbocycles. The van der Waals surface area contributed by atoms with Crippen molar-refractivity contribution < 1.29 is 14.3 Å². The van der Waals surface area contributed by atoms with E-state index in [0.717, 1.165) is 18.2 Å². The number of aliphatic carboxylic acids is 1. The number of aromatic nitrogens is 3. The SMILES string of the molecule is CCCn1c(SCC(=O)O)nnc1-c1cccc(Cl)c1F. The quantitative estimate of drug-likeness (QED) is 0.823. The molecule has 8 heteroatoms. The number of carbonyl (C=O) groups is 1. The highest BCUT2D eigenvalue weighted by Crippen LogP contribution is 2.29. The largest absolute Gasteiger partial charge is 0.481 e. The molecule has 1 heterocycles. The Labute approximate surface area is 130 Å². The molecule has 1 aromatic heterocycles. The molecule has 0 aliphatic heterocycles. The molecule has 21 heavy (non-hydrogen) atoms. The lowest BCUT2D eigenvalue weighted by molar-refractivity contribution is -0.133. The van der Waals surface area contributed by atoms with Gasteiger partial charge >= 0.3 is 5.97 Å². The maximum Gasteiger partial charge on any atom is 0.313 e. The first-order chi connectivity index (χ1) is 10.0. The molecule has 5 nitrogen and oxygen atoms in total. The molecular formula is C13H13ClFN3O2S. The molecule has 0 bridgehead atoms. The van der Waals surface area contributed by atoms with Crippen LogP contribution in [-0.4, -0.2) is 31.6 Å². The Morgan fingerprint density at radius 3 is 2.90 bits per heavy atom. The molecule has 112 valence electrons. The summed E-state index contributed by atoms with van der Waals surface area (Å²) in [7, 11) is 0. The van der Waals surface area contributed by atoms with Gasteiger partial charge in [0.1, 0.15) is 0 Å². The van der Waals surface area contributed by atoms with Gasteiger partial charge in [-0.3, -0.25) is 4.79 Å². The van der Waals surface area contributed by atoms with Gasteiger partial charge in [0.15, 0.2) is 16.8 Å². The predicted octanol–water partition coefficient (Wildman–Crippen LogP) is 3.32. The molecule has 1 N–H and O–H groups in total. The zero-order chi connectivity index (χ0) is 15.4. The van der Waals surface area contributed by atoms with Gasteiger partial charge in [-0.05, 0) is 18.6 Å². The first kappa shape index (κ1) is 15.8. The number of carboxylic acids is 1. The molecule has 2 aromatic rings. The van der Waals surface area contributed by atoms with Crippen molar-refractivity contribution in [3.63, 3.8) is 0 Å². The van der Waals surface area contributed by atoms with Crippen LogP contribution in [-0.2, 0) is 11.3 Å². The van der Waals surface area contributed by atoms with E-state index >= 15 is 0 Å². The molecule has 1 aromatic carbocycles. The van der Waals surface area contributed by atoms with Crippen LogP contribution in [0.2, 0.25) is 5.02 Å². The average Bonchev–Trinajstić information content (AvgIpc) is 2.83. The van der Waals surface area contributed by atoms with Crippen LogP contribution >= 0.6 is 23.4 Å². The summed E-state index contributed by atoms with van der Waals surface area (Å²) < 4.78 is 15.8. The van der Waals surface area contributed by atoms with Crippen LogP contribution < -0.4 is 0 Å². The number of thioether (sulfide) groups is 1. The Hall–Kier alpha value is -1.60. The average molecular weight is 330 g/mol. The molecule has 0 amide bonds. The van der Waals surface area contributed by atoms with Gasteiger partial charge in [0.2, 0.25) is 0 Å². The first-order valence-electron chi connectivity index (χ1n) is 6.26. The molecular weight excluding hydrogens is 317 g/mol. The van der Waals surface area contributed by atoms with Crippen LogP contribution in [0.4, 0.5) is 4.39 Å². The van der Waals surface area contributed by atoms with E-state index in [9.17, 15) is 9.18 Å². The summed E-state index contributed by atoms with van der Waals surface area (Å²) in [5.74, 6) is -1.27. The number of halogens is 2. The van der Waals surface area contributed by atoms with E-state index < -0.39 is 11.8 Å². The highest BCUT2D eigenvalue weighted by atomic mass is 35.5. The summed E-state index contributed by atoms with van der Waals surface area (Å²) in [5, 5.41) is 17.2. The normalized spacial score (nSPS) is 10.8. The molecule has 0 radical (unpaired) electrons. The minimum absolute atomic E-state index is 0.0123. The number of rotatable bonds is 6. The van der Waals surface area contributed by atoms with E-state index in [1.807, 2.05) is 6.92 Å². The van der Waals surface area contributed by atoms with Crippen molar-refractivity contribution in [1.82, 2.24) is 14.8 Å². The van der Waals surface area contributed by atoms with Crippen molar-refractivity contribution >= 4 is 29.3 Å².